The van der Waals surface area contributed by atoms with Crippen LogP contribution in [0.25, 0.3) is 16.6 Å². The number of halogens is 6. The number of nitrogens with one attached hydrogen (secondary N) is 1. The summed E-state index contributed by atoms with van der Waals surface area (Å²) in [4.78, 5) is 33.6. The average Bonchev–Trinajstić information content (AvgIpc) is 3.81. The van der Waals surface area contributed by atoms with Gasteiger partial charge in [-0.1, -0.05) is 6.07 Å². The minimum atomic E-state index is -3.98. The van der Waals surface area contributed by atoms with E-state index in [2.05, 4.69) is 10.4 Å². The number of hydrogen-bond acceptors (Lipinski definition) is 9. The number of nitrogens with zero attached hydrogens (tertiary/aromatic N) is 5. The lowest BCUT2D eigenvalue weighted by Crippen LogP contribution is -2.41. The highest BCUT2D eigenvalue weighted by molar-refractivity contribution is 7.89. The lowest BCUT2D eigenvalue weighted by molar-refractivity contribution is -0.123. The number of carbonyl (C=O) groups excluding carboxylic acids is 1. The number of aromatic nitrogens is 4. The predicted octanol–water partition coefficient (Wildman–Crippen LogP) is 5.43. The average molecular weight is 899 g/mol. The summed E-state index contributed by atoms with van der Waals surface area (Å²) in [6, 6.07) is 11.1. The lowest BCUT2D eigenvalue weighted by Gasteiger charge is -2.32. The molecule has 9 rings (SSSR count). The molecule has 0 bridgehead atoms. The first-order chi connectivity index (χ1) is 29.7. The zero-order chi connectivity index (χ0) is 45.0. The minimum absolute atomic E-state index is 0.00536. The van der Waals surface area contributed by atoms with E-state index >= 15 is 8.78 Å². The maximum Gasteiger partial charge on any atom is 0.494 e. The van der Waals surface area contributed by atoms with Crippen LogP contribution in [0.1, 0.15) is 80.8 Å². The molecule has 3 atom stereocenters. The first-order valence-electron chi connectivity index (χ1n) is 20.3. The van der Waals surface area contributed by atoms with Crippen molar-refractivity contribution in [3.05, 3.63) is 111 Å². The Morgan fingerprint density at radius 1 is 0.952 bits per heavy atom. The largest absolute Gasteiger partial charge is 0.494 e. The Bertz CT molecular complexity index is 2800. The molecule has 4 aliphatic rings. The van der Waals surface area contributed by atoms with Crippen molar-refractivity contribution in [2.45, 2.75) is 87.5 Å². The number of alkyl halides is 4. The Hall–Kier alpha value is -5.09. The SMILES string of the molecule is CC1(C)OB(c2ccc3c(=O)n(-c4ccc(S(=O)(=O)N5CCOCC5)cc4)c(C(Cc4cc(F)cc(F)c4)NC(=O)Cn4nc(C(F)F)c5c4C(F)(F)[C@H]4C[C@@H]54)nc3c2)OC1(C)C. The number of sulfonamides is 1. The molecule has 0 spiro atoms. The van der Waals surface area contributed by atoms with Gasteiger partial charge in [-0.2, -0.15) is 18.2 Å². The van der Waals surface area contributed by atoms with Gasteiger partial charge >= 0.3 is 7.12 Å². The summed E-state index contributed by atoms with van der Waals surface area (Å²) < 4.78 is 136. The van der Waals surface area contributed by atoms with Crippen LogP contribution < -0.4 is 16.3 Å². The van der Waals surface area contributed by atoms with Gasteiger partial charge in [-0.25, -0.2) is 31.0 Å². The molecule has 3 fully saturated rings. The fourth-order valence-corrected chi connectivity index (χ4v) is 10.1. The number of rotatable bonds is 11. The second-order valence-electron chi connectivity index (χ2n) is 17.3. The molecule has 4 heterocycles. The van der Waals surface area contributed by atoms with Crippen molar-refractivity contribution >= 4 is 39.4 Å². The molecule has 1 saturated carbocycles. The monoisotopic (exact) mass is 898 g/mol. The fraction of sp³-hybridized carbons (Fsp3) is 0.429. The second kappa shape index (κ2) is 15.3. The van der Waals surface area contributed by atoms with E-state index in [9.17, 15) is 35.6 Å². The van der Waals surface area contributed by atoms with Crippen LogP contribution in [-0.4, -0.2) is 82.6 Å². The topological polar surface area (TPSA) is 147 Å². The van der Waals surface area contributed by atoms with E-state index in [1.807, 2.05) is 27.7 Å². The van der Waals surface area contributed by atoms with Crippen LogP contribution in [0.4, 0.5) is 26.3 Å². The predicted molar refractivity (Wildman–Crippen MR) is 216 cm³/mol. The van der Waals surface area contributed by atoms with Crippen molar-refractivity contribution in [1.82, 2.24) is 29.0 Å². The van der Waals surface area contributed by atoms with Crippen LogP contribution in [0, 0.1) is 17.6 Å². The summed E-state index contributed by atoms with van der Waals surface area (Å²) in [6.45, 7) is 7.14. The molecular formula is C42H41BF6N6O7S. The van der Waals surface area contributed by atoms with Crippen LogP contribution >= 0.6 is 0 Å². The number of ether oxygens (including phenoxy) is 1. The van der Waals surface area contributed by atoms with Crippen LogP contribution in [-0.2, 0) is 47.8 Å². The van der Waals surface area contributed by atoms with Crippen molar-refractivity contribution in [2.75, 3.05) is 26.3 Å². The first kappa shape index (κ1) is 43.2. The molecule has 0 radical (unpaired) electrons. The van der Waals surface area contributed by atoms with Gasteiger partial charge in [0, 0.05) is 37.1 Å². The van der Waals surface area contributed by atoms with E-state index in [0.29, 0.717) is 16.2 Å². The Morgan fingerprint density at radius 2 is 1.60 bits per heavy atom. The molecule has 63 heavy (non-hydrogen) atoms. The quantitative estimate of drug-likeness (QED) is 0.136. The Balaban J connectivity index is 1.17. The molecule has 2 aromatic heterocycles. The Labute approximate surface area is 357 Å². The zero-order valence-electron chi connectivity index (χ0n) is 34.4. The standard InChI is InChI=1S/C42H41BF6N6O7S/c1-40(2)41(3,4)62-43(61-40)23-5-10-28-31(18-23)51-38(55(39(28)57)26-6-8-27(9-7-26)63(58,59)53-11-13-60-14-12-53)32(17-22-15-24(44)19-25(45)16-22)50-33(56)21-54-36-34(35(52-54)37(46)47)29-20-30(29)42(36,48)49/h5-10,15-16,18-19,29-30,32,37H,11-14,17,20-21H2,1-4H3,(H,50,56)/t29-,30+,32?/m1/s1. The van der Waals surface area contributed by atoms with E-state index in [1.165, 1.54) is 34.6 Å². The van der Waals surface area contributed by atoms with Gasteiger partial charge in [0.2, 0.25) is 15.9 Å². The summed E-state index contributed by atoms with van der Waals surface area (Å²) >= 11 is 0. The Morgan fingerprint density at radius 3 is 2.24 bits per heavy atom. The summed E-state index contributed by atoms with van der Waals surface area (Å²) in [7, 11) is -4.88. The zero-order valence-corrected chi connectivity index (χ0v) is 35.2. The fourth-order valence-electron chi connectivity index (χ4n) is 8.66. The van der Waals surface area contributed by atoms with Gasteiger partial charge in [-0.15, -0.1) is 0 Å². The van der Waals surface area contributed by atoms with E-state index in [0.717, 1.165) is 16.7 Å². The number of amides is 1. The highest BCUT2D eigenvalue weighted by atomic mass is 32.2. The third-order valence-corrected chi connectivity index (χ3v) is 14.5. The van der Waals surface area contributed by atoms with E-state index in [1.54, 1.807) is 12.1 Å². The molecule has 332 valence electrons. The molecule has 1 unspecified atom stereocenters. The van der Waals surface area contributed by atoms with Gasteiger partial charge in [0.15, 0.2) is 0 Å². The molecule has 1 N–H and O–H groups in total. The molecule has 1 amide bonds. The molecule has 2 aliphatic heterocycles. The summed E-state index contributed by atoms with van der Waals surface area (Å²) in [5.41, 5.74) is -3.43. The molecule has 21 heteroatoms. The maximum atomic E-state index is 15.5. The third kappa shape index (κ3) is 7.54. The van der Waals surface area contributed by atoms with Crippen molar-refractivity contribution < 1.29 is 53.6 Å². The molecule has 5 aromatic rings. The molecule has 3 aromatic carbocycles. The number of morpholine rings is 1. The Kier molecular flexibility index (Phi) is 10.5. The van der Waals surface area contributed by atoms with Crippen LogP contribution in [0.5, 0.6) is 0 Å². The van der Waals surface area contributed by atoms with E-state index in [4.69, 9.17) is 19.0 Å². The molecule has 2 aliphatic carbocycles. The van der Waals surface area contributed by atoms with Gasteiger partial charge in [-0.05, 0) is 99.6 Å². The summed E-state index contributed by atoms with van der Waals surface area (Å²) in [5, 5.41) is 6.48. The van der Waals surface area contributed by atoms with Crippen LogP contribution in [0.3, 0.4) is 0 Å². The maximum absolute atomic E-state index is 15.5. The van der Waals surface area contributed by atoms with Gasteiger partial charge in [0.05, 0.1) is 51.9 Å². The smallest absolute Gasteiger partial charge is 0.399 e. The van der Waals surface area contributed by atoms with Gasteiger partial charge in [-0.3, -0.25) is 18.8 Å². The van der Waals surface area contributed by atoms with Crippen LogP contribution in [0.15, 0.2) is 70.4 Å². The van der Waals surface area contributed by atoms with Crippen molar-refractivity contribution in [2.24, 2.45) is 5.92 Å². The second-order valence-corrected chi connectivity index (χ2v) is 19.2. The number of benzene rings is 3. The van der Waals surface area contributed by atoms with Crippen molar-refractivity contribution in [3.8, 4) is 5.69 Å². The summed E-state index contributed by atoms with van der Waals surface area (Å²) in [6.07, 6.45) is -3.62. The normalized spacial score (nSPS) is 21.7. The first-order valence-corrected chi connectivity index (χ1v) is 21.7. The number of hydrogen-bond donors (Lipinski definition) is 1. The van der Waals surface area contributed by atoms with Crippen LogP contribution in [0.2, 0.25) is 0 Å². The molecule has 13 nitrogen and oxygen atoms in total. The van der Waals surface area contributed by atoms with Crippen molar-refractivity contribution in [3.63, 3.8) is 0 Å². The van der Waals surface area contributed by atoms with E-state index < -0.39 is 106 Å². The highest BCUT2D eigenvalue weighted by Gasteiger charge is 2.67. The summed E-state index contributed by atoms with van der Waals surface area (Å²) in [5.74, 6) is -8.72. The minimum Gasteiger partial charge on any atom is -0.399 e. The van der Waals surface area contributed by atoms with Gasteiger partial charge in [0.1, 0.15) is 35.4 Å². The lowest BCUT2D eigenvalue weighted by atomic mass is 9.79. The third-order valence-electron chi connectivity index (χ3n) is 12.6. The van der Waals surface area contributed by atoms with Crippen molar-refractivity contribution in [1.29, 1.82) is 0 Å². The van der Waals surface area contributed by atoms with Gasteiger partial charge < -0.3 is 19.4 Å². The molecular weight excluding hydrogens is 857 g/mol. The molecule has 2 saturated heterocycles. The van der Waals surface area contributed by atoms with E-state index in [-0.39, 0.29) is 71.2 Å². The number of carbonyl (C=O) groups is 1. The highest BCUT2D eigenvalue weighted by Crippen LogP contribution is 2.68. The number of fused-ring (bicyclic) bond motifs is 4. The van der Waals surface area contributed by atoms with Gasteiger partial charge in [0.25, 0.3) is 17.9 Å².